The van der Waals surface area contributed by atoms with Crippen molar-refractivity contribution in [3.63, 3.8) is 0 Å². The maximum atomic E-state index is 5.98. The number of halogens is 1. The number of aryl methyl sites for hydroxylation is 2. The molecule has 0 amide bonds. The quantitative estimate of drug-likeness (QED) is 0.543. The third kappa shape index (κ3) is 6.17. The smallest absolute Gasteiger partial charge is 0.193 e. The van der Waals surface area contributed by atoms with Crippen LogP contribution in [0.1, 0.15) is 36.8 Å². The lowest BCUT2D eigenvalue weighted by Crippen LogP contribution is -2.41. The predicted molar refractivity (Wildman–Crippen MR) is 110 cm³/mol. The molecule has 0 saturated carbocycles. The van der Waals surface area contributed by atoms with Crippen molar-refractivity contribution < 1.29 is 9.26 Å². The molecule has 1 aromatic carbocycles. The highest BCUT2D eigenvalue weighted by molar-refractivity contribution is 6.30. The number of guanidine groups is 1. The third-order valence-corrected chi connectivity index (χ3v) is 4.52. The summed E-state index contributed by atoms with van der Waals surface area (Å²) in [5.41, 5.74) is 2.07. The molecule has 0 spiro atoms. The highest BCUT2D eigenvalue weighted by Crippen LogP contribution is 2.23. The Hall–Kier alpha value is -2.21. The second kappa shape index (κ2) is 10.2. The van der Waals surface area contributed by atoms with Crippen LogP contribution in [0.15, 0.2) is 33.8 Å². The third-order valence-electron chi connectivity index (χ3n) is 4.28. The van der Waals surface area contributed by atoms with E-state index in [0.29, 0.717) is 24.7 Å². The molecule has 1 atom stereocenters. The first kappa shape index (κ1) is 21.1. The highest BCUT2D eigenvalue weighted by atomic mass is 35.5. The van der Waals surface area contributed by atoms with Gasteiger partial charge in [-0.15, -0.1) is 0 Å². The predicted octanol–water partition coefficient (Wildman–Crippen LogP) is 4.02. The SMILES string of the molecule is CCNC(=NCC(C)c1c(C)noc1C)N(C)CCOc1cccc(Cl)c1. The van der Waals surface area contributed by atoms with Gasteiger partial charge in [0.15, 0.2) is 5.96 Å². The number of hydrogen-bond donors (Lipinski definition) is 1. The fourth-order valence-electron chi connectivity index (χ4n) is 2.94. The van der Waals surface area contributed by atoms with Crippen molar-refractivity contribution in [2.45, 2.75) is 33.6 Å². The van der Waals surface area contributed by atoms with E-state index in [1.54, 1.807) is 0 Å². The number of nitrogens with zero attached hydrogens (tertiary/aromatic N) is 3. The molecular formula is C20H29ClN4O2. The van der Waals surface area contributed by atoms with Crippen LogP contribution in [-0.2, 0) is 0 Å². The average Bonchev–Trinajstić information content (AvgIpc) is 2.97. The summed E-state index contributed by atoms with van der Waals surface area (Å²) >= 11 is 5.98. The molecule has 2 rings (SSSR count). The summed E-state index contributed by atoms with van der Waals surface area (Å²) in [7, 11) is 2.00. The summed E-state index contributed by atoms with van der Waals surface area (Å²) in [6.07, 6.45) is 0. The Kier molecular flexibility index (Phi) is 7.98. The standard InChI is InChI=1S/C20H29ClN4O2/c1-6-22-20(23-13-14(2)19-15(3)24-27-16(19)4)25(5)10-11-26-18-9-7-8-17(21)12-18/h7-9,12,14H,6,10-11,13H2,1-5H3,(H,22,23). The second-order valence-corrected chi connectivity index (χ2v) is 7.00. The topological polar surface area (TPSA) is 62.9 Å². The van der Waals surface area contributed by atoms with Crippen LogP contribution in [0.3, 0.4) is 0 Å². The van der Waals surface area contributed by atoms with E-state index in [-0.39, 0.29) is 5.92 Å². The van der Waals surface area contributed by atoms with Crippen molar-refractivity contribution in [3.05, 3.63) is 46.3 Å². The molecule has 148 valence electrons. The minimum atomic E-state index is 0.237. The zero-order chi connectivity index (χ0) is 19.8. The van der Waals surface area contributed by atoms with Gasteiger partial charge in [-0.2, -0.15) is 0 Å². The summed E-state index contributed by atoms with van der Waals surface area (Å²) in [6, 6.07) is 7.42. The van der Waals surface area contributed by atoms with Crippen LogP contribution in [0.25, 0.3) is 0 Å². The van der Waals surface area contributed by atoms with Gasteiger partial charge in [-0.25, -0.2) is 0 Å². The number of hydrogen-bond acceptors (Lipinski definition) is 4. The minimum Gasteiger partial charge on any atom is -0.492 e. The number of benzene rings is 1. The molecule has 0 bridgehead atoms. The fourth-order valence-corrected chi connectivity index (χ4v) is 3.12. The highest BCUT2D eigenvalue weighted by Gasteiger charge is 2.16. The molecule has 2 aromatic rings. The lowest BCUT2D eigenvalue weighted by Gasteiger charge is -2.22. The molecule has 1 aromatic heterocycles. The van der Waals surface area contributed by atoms with Gasteiger partial charge < -0.3 is 19.5 Å². The molecule has 0 fully saturated rings. The number of rotatable bonds is 8. The molecule has 7 heteroatoms. The monoisotopic (exact) mass is 392 g/mol. The Morgan fingerprint density at radius 1 is 1.41 bits per heavy atom. The van der Waals surface area contributed by atoms with Gasteiger partial charge in [0.1, 0.15) is 18.1 Å². The Morgan fingerprint density at radius 3 is 2.81 bits per heavy atom. The normalized spacial score (nSPS) is 12.7. The van der Waals surface area contributed by atoms with Crippen molar-refractivity contribution in [2.24, 2.45) is 4.99 Å². The van der Waals surface area contributed by atoms with E-state index in [1.807, 2.05) is 45.2 Å². The van der Waals surface area contributed by atoms with E-state index in [9.17, 15) is 0 Å². The van der Waals surface area contributed by atoms with Gasteiger partial charge in [0.2, 0.25) is 0 Å². The zero-order valence-corrected chi connectivity index (χ0v) is 17.5. The van der Waals surface area contributed by atoms with E-state index in [0.717, 1.165) is 35.3 Å². The van der Waals surface area contributed by atoms with Gasteiger partial charge in [-0.3, -0.25) is 4.99 Å². The second-order valence-electron chi connectivity index (χ2n) is 6.56. The van der Waals surface area contributed by atoms with Gasteiger partial charge >= 0.3 is 0 Å². The van der Waals surface area contributed by atoms with E-state index >= 15 is 0 Å². The minimum absolute atomic E-state index is 0.237. The maximum Gasteiger partial charge on any atom is 0.193 e. The van der Waals surface area contributed by atoms with Crippen molar-refractivity contribution >= 4 is 17.6 Å². The van der Waals surface area contributed by atoms with E-state index in [2.05, 4.69) is 29.2 Å². The van der Waals surface area contributed by atoms with E-state index in [4.69, 9.17) is 25.9 Å². The number of nitrogens with one attached hydrogen (secondary N) is 1. The first-order valence-electron chi connectivity index (χ1n) is 9.23. The van der Waals surface area contributed by atoms with Crippen molar-refractivity contribution in [1.29, 1.82) is 0 Å². The zero-order valence-electron chi connectivity index (χ0n) is 16.8. The molecule has 1 unspecified atom stereocenters. The van der Waals surface area contributed by atoms with Gasteiger partial charge in [0.05, 0.1) is 12.2 Å². The number of aromatic nitrogens is 1. The van der Waals surface area contributed by atoms with Crippen LogP contribution in [0.5, 0.6) is 5.75 Å². The van der Waals surface area contributed by atoms with Gasteiger partial charge in [-0.05, 0) is 39.0 Å². The Labute approximate surface area is 166 Å². The average molecular weight is 393 g/mol. The molecule has 1 heterocycles. The van der Waals surface area contributed by atoms with E-state index < -0.39 is 0 Å². The molecule has 27 heavy (non-hydrogen) atoms. The molecule has 0 aliphatic rings. The summed E-state index contributed by atoms with van der Waals surface area (Å²) in [4.78, 5) is 6.84. The first-order valence-corrected chi connectivity index (χ1v) is 9.60. The van der Waals surface area contributed by atoms with Crippen LogP contribution in [0.2, 0.25) is 5.02 Å². The summed E-state index contributed by atoms with van der Waals surface area (Å²) in [5.74, 6) is 2.72. The fraction of sp³-hybridized carbons (Fsp3) is 0.500. The Morgan fingerprint density at radius 2 is 2.19 bits per heavy atom. The largest absolute Gasteiger partial charge is 0.492 e. The number of likely N-dealkylation sites (N-methyl/N-ethyl adjacent to an activating group) is 1. The van der Waals surface area contributed by atoms with Crippen molar-refractivity contribution in [3.8, 4) is 5.75 Å². The molecule has 0 aliphatic carbocycles. The summed E-state index contributed by atoms with van der Waals surface area (Å²) < 4.78 is 11.0. The summed E-state index contributed by atoms with van der Waals surface area (Å²) in [6.45, 7) is 10.8. The molecule has 0 aliphatic heterocycles. The Balaban J connectivity index is 1.93. The molecule has 0 saturated heterocycles. The van der Waals surface area contributed by atoms with E-state index in [1.165, 1.54) is 0 Å². The van der Waals surface area contributed by atoms with Crippen LogP contribution < -0.4 is 10.1 Å². The first-order chi connectivity index (χ1) is 12.9. The van der Waals surface area contributed by atoms with Gasteiger partial charge in [-0.1, -0.05) is 29.7 Å². The Bertz CT molecular complexity index is 741. The van der Waals surface area contributed by atoms with Crippen molar-refractivity contribution in [1.82, 2.24) is 15.4 Å². The van der Waals surface area contributed by atoms with Crippen LogP contribution in [-0.4, -0.2) is 49.3 Å². The van der Waals surface area contributed by atoms with Crippen molar-refractivity contribution in [2.75, 3.05) is 33.3 Å². The molecule has 1 N–H and O–H groups in total. The molecular weight excluding hydrogens is 364 g/mol. The number of ether oxygens (including phenoxy) is 1. The van der Waals surface area contributed by atoms with Gasteiger partial charge in [0.25, 0.3) is 0 Å². The summed E-state index contributed by atoms with van der Waals surface area (Å²) in [5, 5.41) is 8.04. The van der Waals surface area contributed by atoms with Gasteiger partial charge in [0, 0.05) is 36.6 Å². The lowest BCUT2D eigenvalue weighted by atomic mass is 10.00. The van der Waals surface area contributed by atoms with Crippen LogP contribution >= 0.6 is 11.6 Å². The molecule has 6 nitrogen and oxygen atoms in total. The van der Waals surface area contributed by atoms with Crippen LogP contribution in [0.4, 0.5) is 0 Å². The number of aliphatic imine (C=N–C) groups is 1. The van der Waals surface area contributed by atoms with Crippen LogP contribution in [0, 0.1) is 13.8 Å². The molecule has 0 radical (unpaired) electrons. The maximum absolute atomic E-state index is 5.98. The lowest BCUT2D eigenvalue weighted by molar-refractivity contribution is 0.281.